The van der Waals surface area contributed by atoms with E-state index in [0.29, 0.717) is 17.1 Å². The smallest absolute Gasteiger partial charge is 0.270 e. The fourth-order valence-electron chi connectivity index (χ4n) is 1.48. The first-order valence-corrected chi connectivity index (χ1v) is 6.06. The van der Waals surface area contributed by atoms with Crippen LogP contribution < -0.4 is 4.74 Å². The van der Waals surface area contributed by atoms with E-state index in [1.54, 1.807) is 12.3 Å². The highest BCUT2D eigenvalue weighted by Gasteiger charge is 2.12. The summed E-state index contributed by atoms with van der Waals surface area (Å²) in [6.07, 6.45) is 3.11. The highest BCUT2D eigenvalue weighted by Crippen LogP contribution is 2.29. The van der Waals surface area contributed by atoms with Gasteiger partial charge in [-0.1, -0.05) is 0 Å². The second-order valence-corrected chi connectivity index (χ2v) is 4.56. The molecule has 0 fully saturated rings. The summed E-state index contributed by atoms with van der Waals surface area (Å²) in [5.41, 5.74) is 0.248. The molecular formula is C12H9BrN2O4. The fraction of sp³-hybridized carbons (Fsp3) is 0.0833. The zero-order chi connectivity index (χ0) is 13.8. The van der Waals surface area contributed by atoms with Crippen molar-refractivity contribution in [3.05, 3.63) is 56.8 Å². The molecule has 1 aromatic carbocycles. The lowest BCUT2D eigenvalue weighted by Gasteiger charge is -2.09. The number of nitro benzene ring substituents is 1. The van der Waals surface area contributed by atoms with Crippen LogP contribution in [0.1, 0.15) is 5.56 Å². The highest BCUT2D eigenvalue weighted by atomic mass is 79.9. The quantitative estimate of drug-likeness (QED) is 0.690. The van der Waals surface area contributed by atoms with Crippen molar-refractivity contribution in [1.82, 2.24) is 4.98 Å². The van der Waals surface area contributed by atoms with E-state index in [1.165, 1.54) is 24.4 Å². The number of halogens is 1. The first kappa shape index (κ1) is 13.4. The van der Waals surface area contributed by atoms with Crippen LogP contribution in [0.25, 0.3) is 0 Å². The molecule has 2 aromatic rings. The molecule has 0 aliphatic heterocycles. The molecule has 0 radical (unpaired) electrons. The Bertz CT molecular complexity index is 618. The Hall–Kier alpha value is -1.99. The predicted octanol–water partition coefficient (Wildman–Crippen LogP) is 3.04. The first-order valence-electron chi connectivity index (χ1n) is 5.26. The second-order valence-electron chi connectivity index (χ2n) is 3.65. The maximum atomic E-state index is 10.7. The molecular weight excluding hydrogens is 316 g/mol. The van der Waals surface area contributed by atoms with E-state index in [-0.39, 0.29) is 12.3 Å². The molecule has 0 atom stereocenters. The summed E-state index contributed by atoms with van der Waals surface area (Å²) in [5.74, 6) is 0.825. The van der Waals surface area contributed by atoms with Crippen molar-refractivity contribution in [2.45, 2.75) is 6.61 Å². The number of aliphatic hydroxyl groups excluding tert-OH is 1. The van der Waals surface area contributed by atoms with E-state index in [9.17, 15) is 15.2 Å². The topological polar surface area (TPSA) is 85.5 Å². The van der Waals surface area contributed by atoms with Gasteiger partial charge in [-0.15, -0.1) is 0 Å². The lowest BCUT2D eigenvalue weighted by atomic mass is 10.2. The van der Waals surface area contributed by atoms with Gasteiger partial charge in [0, 0.05) is 28.4 Å². The molecule has 1 N–H and O–H groups in total. The zero-order valence-electron chi connectivity index (χ0n) is 9.62. The molecule has 0 aliphatic carbocycles. The number of hydrogen-bond acceptors (Lipinski definition) is 5. The normalized spacial score (nSPS) is 10.2. The van der Waals surface area contributed by atoms with Gasteiger partial charge >= 0.3 is 0 Å². The van der Waals surface area contributed by atoms with E-state index in [2.05, 4.69) is 20.9 Å². The molecule has 1 aromatic heterocycles. The predicted molar refractivity (Wildman–Crippen MR) is 71.0 cm³/mol. The average Bonchev–Trinajstić information content (AvgIpc) is 2.39. The number of ether oxygens (including phenoxy) is 1. The Kier molecular flexibility index (Phi) is 4.08. The molecule has 0 amide bonds. The molecule has 0 spiro atoms. The third-order valence-electron chi connectivity index (χ3n) is 2.33. The Balaban J connectivity index is 2.32. The zero-order valence-corrected chi connectivity index (χ0v) is 11.2. The van der Waals surface area contributed by atoms with Gasteiger partial charge in [-0.05, 0) is 28.1 Å². The first-order chi connectivity index (χ1) is 9.10. The summed E-state index contributed by atoms with van der Waals surface area (Å²) in [6, 6.07) is 5.75. The standard InChI is InChI=1S/C12H9BrN2O4/c13-9-4-11(6-14-5-9)19-12-2-1-10(15(17)18)3-8(12)7-16/h1-6,16H,7H2. The molecule has 1 heterocycles. The summed E-state index contributed by atoms with van der Waals surface area (Å²) in [5, 5.41) is 19.9. The maximum Gasteiger partial charge on any atom is 0.270 e. The SMILES string of the molecule is O=[N+]([O-])c1ccc(Oc2cncc(Br)c2)c(CO)c1. The third kappa shape index (κ3) is 3.27. The molecule has 7 heteroatoms. The van der Waals surface area contributed by atoms with Gasteiger partial charge in [-0.2, -0.15) is 0 Å². The number of aliphatic hydroxyl groups is 1. The molecule has 0 bridgehead atoms. The molecule has 0 aliphatic rings. The van der Waals surface area contributed by atoms with Crippen molar-refractivity contribution in [2.24, 2.45) is 0 Å². The monoisotopic (exact) mass is 324 g/mol. The number of rotatable bonds is 4. The van der Waals surface area contributed by atoms with E-state index in [0.717, 1.165) is 4.47 Å². The van der Waals surface area contributed by atoms with E-state index in [4.69, 9.17) is 4.74 Å². The van der Waals surface area contributed by atoms with Gasteiger partial charge in [-0.3, -0.25) is 15.1 Å². The Labute approximate surface area is 117 Å². The van der Waals surface area contributed by atoms with Crippen LogP contribution in [0.15, 0.2) is 41.1 Å². The van der Waals surface area contributed by atoms with E-state index < -0.39 is 4.92 Å². The minimum atomic E-state index is -0.524. The summed E-state index contributed by atoms with van der Waals surface area (Å²) in [4.78, 5) is 14.1. The summed E-state index contributed by atoms with van der Waals surface area (Å²) < 4.78 is 6.29. The summed E-state index contributed by atoms with van der Waals surface area (Å²) in [7, 11) is 0. The summed E-state index contributed by atoms with van der Waals surface area (Å²) >= 11 is 3.26. The van der Waals surface area contributed by atoms with Gasteiger partial charge in [0.1, 0.15) is 11.5 Å². The lowest BCUT2D eigenvalue weighted by molar-refractivity contribution is -0.385. The Morgan fingerprint density at radius 3 is 2.79 bits per heavy atom. The van der Waals surface area contributed by atoms with Crippen LogP contribution in [-0.4, -0.2) is 15.0 Å². The molecule has 19 heavy (non-hydrogen) atoms. The number of nitro groups is 1. The van der Waals surface area contributed by atoms with Gasteiger partial charge in [0.2, 0.25) is 0 Å². The van der Waals surface area contributed by atoms with E-state index >= 15 is 0 Å². The van der Waals surface area contributed by atoms with Crippen molar-refractivity contribution in [2.75, 3.05) is 0 Å². The van der Waals surface area contributed by atoms with Gasteiger partial charge in [-0.25, -0.2) is 0 Å². The van der Waals surface area contributed by atoms with E-state index in [1.807, 2.05) is 0 Å². The average molecular weight is 325 g/mol. The number of aromatic nitrogens is 1. The van der Waals surface area contributed by atoms with Gasteiger partial charge < -0.3 is 9.84 Å². The molecule has 0 unspecified atom stereocenters. The van der Waals surface area contributed by atoms with Crippen molar-refractivity contribution in [1.29, 1.82) is 0 Å². The van der Waals surface area contributed by atoms with Gasteiger partial charge in [0.15, 0.2) is 0 Å². The third-order valence-corrected chi connectivity index (χ3v) is 2.77. The molecule has 2 rings (SSSR count). The van der Waals surface area contributed by atoms with Crippen LogP contribution >= 0.6 is 15.9 Å². The van der Waals surface area contributed by atoms with Crippen LogP contribution in [0.3, 0.4) is 0 Å². The fourth-order valence-corrected chi connectivity index (χ4v) is 1.82. The number of nitrogens with zero attached hydrogens (tertiary/aromatic N) is 2. The van der Waals surface area contributed by atoms with Crippen molar-refractivity contribution in [3.8, 4) is 11.5 Å². The molecule has 0 saturated carbocycles. The largest absolute Gasteiger partial charge is 0.455 e. The number of non-ortho nitro benzene ring substituents is 1. The lowest BCUT2D eigenvalue weighted by Crippen LogP contribution is -1.95. The second kappa shape index (κ2) is 5.77. The number of pyridine rings is 1. The number of hydrogen-bond donors (Lipinski definition) is 1. The maximum absolute atomic E-state index is 10.7. The van der Waals surface area contributed by atoms with Crippen LogP contribution in [0.4, 0.5) is 5.69 Å². The minimum absolute atomic E-state index is 0.0937. The number of benzene rings is 1. The minimum Gasteiger partial charge on any atom is -0.455 e. The van der Waals surface area contributed by atoms with Gasteiger partial charge in [0.05, 0.1) is 17.7 Å². The highest BCUT2D eigenvalue weighted by molar-refractivity contribution is 9.10. The van der Waals surface area contributed by atoms with Crippen LogP contribution in [-0.2, 0) is 6.61 Å². The molecule has 6 nitrogen and oxygen atoms in total. The van der Waals surface area contributed by atoms with Crippen LogP contribution in [0.5, 0.6) is 11.5 Å². The van der Waals surface area contributed by atoms with Crippen LogP contribution in [0, 0.1) is 10.1 Å². The van der Waals surface area contributed by atoms with Crippen molar-refractivity contribution >= 4 is 21.6 Å². The Morgan fingerprint density at radius 2 is 2.16 bits per heavy atom. The Morgan fingerprint density at radius 1 is 1.37 bits per heavy atom. The molecule has 0 saturated heterocycles. The van der Waals surface area contributed by atoms with Crippen molar-refractivity contribution < 1.29 is 14.8 Å². The van der Waals surface area contributed by atoms with Gasteiger partial charge in [0.25, 0.3) is 5.69 Å². The summed E-state index contributed by atoms with van der Waals surface area (Å²) in [6.45, 7) is -0.349. The van der Waals surface area contributed by atoms with Crippen molar-refractivity contribution in [3.63, 3.8) is 0 Å². The van der Waals surface area contributed by atoms with Crippen LogP contribution in [0.2, 0.25) is 0 Å². The molecule has 98 valence electrons.